The molecule has 148 valence electrons. The molecule has 3 aromatic heterocycles. The molecular weight excluding hydrogens is 390 g/mol. The molecule has 0 aliphatic carbocycles. The normalized spacial score (nSPS) is 11.2. The molecule has 4 aromatic rings. The number of rotatable bonds is 6. The second-order valence-electron chi connectivity index (χ2n) is 6.66. The van der Waals surface area contributed by atoms with Crippen LogP contribution in [0.3, 0.4) is 0 Å². The highest BCUT2D eigenvalue weighted by Gasteiger charge is 2.20. The summed E-state index contributed by atoms with van der Waals surface area (Å²) < 4.78 is 12.4. The van der Waals surface area contributed by atoms with E-state index in [0.717, 1.165) is 16.1 Å². The zero-order valence-corrected chi connectivity index (χ0v) is 17.0. The maximum atomic E-state index is 12.4. The van der Waals surface area contributed by atoms with Crippen LogP contribution in [-0.4, -0.2) is 30.9 Å². The Morgan fingerprint density at radius 3 is 2.79 bits per heavy atom. The van der Waals surface area contributed by atoms with Gasteiger partial charge in [-0.2, -0.15) is 0 Å². The third kappa shape index (κ3) is 3.95. The van der Waals surface area contributed by atoms with Gasteiger partial charge in [0.1, 0.15) is 5.82 Å². The van der Waals surface area contributed by atoms with Crippen LogP contribution >= 0.6 is 11.3 Å². The first-order valence-corrected chi connectivity index (χ1v) is 9.97. The average molecular weight is 409 g/mol. The molecule has 3 heterocycles. The Balaban J connectivity index is 1.49. The van der Waals surface area contributed by atoms with Gasteiger partial charge >= 0.3 is 5.97 Å². The SMILES string of the molecule is Cc1nc(C(=O)OCc2nnc(-c3cccs3)o2)nn1-c1ccccc1C(C)C. The molecule has 0 N–H and O–H groups in total. The van der Waals surface area contributed by atoms with Crippen molar-refractivity contribution in [2.75, 3.05) is 0 Å². The first-order chi connectivity index (χ1) is 14.0. The smallest absolute Gasteiger partial charge is 0.378 e. The first kappa shape index (κ1) is 19.0. The minimum atomic E-state index is -0.648. The molecule has 0 spiro atoms. The van der Waals surface area contributed by atoms with E-state index in [-0.39, 0.29) is 18.3 Å². The van der Waals surface area contributed by atoms with E-state index in [2.05, 4.69) is 34.1 Å². The van der Waals surface area contributed by atoms with Crippen LogP contribution in [0, 0.1) is 6.92 Å². The second kappa shape index (κ2) is 7.96. The molecule has 0 bridgehead atoms. The minimum Gasteiger partial charge on any atom is -0.450 e. The number of aromatic nitrogens is 5. The number of benzene rings is 1. The highest BCUT2D eigenvalue weighted by Crippen LogP contribution is 2.24. The van der Waals surface area contributed by atoms with Crippen molar-refractivity contribution in [1.29, 1.82) is 0 Å². The Morgan fingerprint density at radius 2 is 2.03 bits per heavy atom. The molecule has 0 atom stereocenters. The molecule has 0 fully saturated rings. The largest absolute Gasteiger partial charge is 0.450 e. The van der Waals surface area contributed by atoms with E-state index in [9.17, 15) is 4.79 Å². The van der Waals surface area contributed by atoms with Crippen LogP contribution in [-0.2, 0) is 11.3 Å². The lowest BCUT2D eigenvalue weighted by molar-refractivity contribution is 0.0424. The van der Waals surface area contributed by atoms with Crippen LogP contribution in [0.25, 0.3) is 16.5 Å². The van der Waals surface area contributed by atoms with Gasteiger partial charge in [-0.3, -0.25) is 0 Å². The second-order valence-corrected chi connectivity index (χ2v) is 7.61. The number of esters is 1. The van der Waals surface area contributed by atoms with Crippen molar-refractivity contribution in [3.8, 4) is 16.5 Å². The molecule has 0 aliphatic heterocycles. The van der Waals surface area contributed by atoms with Gasteiger partial charge in [0.2, 0.25) is 0 Å². The van der Waals surface area contributed by atoms with Gasteiger partial charge in [-0.05, 0) is 35.9 Å². The molecule has 4 rings (SSSR count). The fourth-order valence-corrected chi connectivity index (χ4v) is 3.52. The van der Waals surface area contributed by atoms with Gasteiger partial charge in [-0.15, -0.1) is 26.6 Å². The highest BCUT2D eigenvalue weighted by atomic mass is 32.1. The summed E-state index contributed by atoms with van der Waals surface area (Å²) >= 11 is 1.49. The predicted molar refractivity (Wildman–Crippen MR) is 107 cm³/mol. The molecule has 0 radical (unpaired) electrons. The van der Waals surface area contributed by atoms with Gasteiger partial charge in [0.15, 0.2) is 6.61 Å². The minimum absolute atomic E-state index is 0.0148. The maximum absolute atomic E-state index is 12.4. The van der Waals surface area contributed by atoms with Crippen LogP contribution in [0.2, 0.25) is 0 Å². The zero-order chi connectivity index (χ0) is 20.4. The number of thiophene rings is 1. The molecule has 0 aliphatic rings. The van der Waals surface area contributed by atoms with Crippen molar-refractivity contribution in [3.63, 3.8) is 0 Å². The van der Waals surface area contributed by atoms with Gasteiger partial charge in [0.25, 0.3) is 17.6 Å². The Labute approximate surface area is 171 Å². The Bertz CT molecular complexity index is 1130. The van der Waals surface area contributed by atoms with Gasteiger partial charge in [-0.1, -0.05) is 38.1 Å². The summed E-state index contributed by atoms with van der Waals surface area (Å²) in [4.78, 5) is 17.5. The summed E-state index contributed by atoms with van der Waals surface area (Å²) in [5, 5.41) is 14.1. The number of carbonyl (C=O) groups is 1. The molecule has 0 saturated heterocycles. The summed E-state index contributed by atoms with van der Waals surface area (Å²) in [6, 6.07) is 11.7. The standard InChI is InChI=1S/C20H19N5O3S/c1-12(2)14-7-4-5-8-15(14)25-13(3)21-18(24-25)20(26)27-11-17-22-23-19(28-17)16-9-6-10-29-16/h4-10,12H,11H2,1-3H3. The lowest BCUT2D eigenvalue weighted by atomic mass is 10.0. The number of aryl methyl sites for hydroxylation is 1. The highest BCUT2D eigenvalue weighted by molar-refractivity contribution is 7.13. The van der Waals surface area contributed by atoms with Crippen molar-refractivity contribution in [2.24, 2.45) is 0 Å². The van der Waals surface area contributed by atoms with E-state index < -0.39 is 5.97 Å². The lowest BCUT2D eigenvalue weighted by Gasteiger charge is -2.12. The Hall–Kier alpha value is -3.33. The third-order valence-electron chi connectivity index (χ3n) is 4.26. The van der Waals surface area contributed by atoms with Crippen LogP contribution < -0.4 is 0 Å². The van der Waals surface area contributed by atoms with Crippen molar-refractivity contribution >= 4 is 17.3 Å². The maximum Gasteiger partial charge on any atom is 0.378 e. The molecule has 0 saturated carbocycles. The monoisotopic (exact) mass is 409 g/mol. The quantitative estimate of drug-likeness (QED) is 0.441. The Kier molecular flexibility index (Phi) is 5.22. The summed E-state index contributed by atoms with van der Waals surface area (Å²) in [5.41, 5.74) is 2.01. The van der Waals surface area contributed by atoms with Crippen molar-refractivity contribution in [1.82, 2.24) is 25.0 Å². The van der Waals surface area contributed by atoms with Gasteiger partial charge in [-0.25, -0.2) is 14.5 Å². The molecule has 9 heteroatoms. The van der Waals surface area contributed by atoms with E-state index in [1.165, 1.54) is 11.3 Å². The molecule has 29 heavy (non-hydrogen) atoms. The third-order valence-corrected chi connectivity index (χ3v) is 5.12. The Morgan fingerprint density at radius 1 is 1.21 bits per heavy atom. The summed E-state index contributed by atoms with van der Waals surface area (Å²) in [7, 11) is 0. The number of carbonyl (C=O) groups excluding carboxylic acids is 1. The van der Waals surface area contributed by atoms with E-state index >= 15 is 0 Å². The molecule has 0 amide bonds. The molecule has 1 aromatic carbocycles. The zero-order valence-electron chi connectivity index (χ0n) is 16.2. The van der Waals surface area contributed by atoms with Gasteiger partial charge in [0.05, 0.1) is 10.6 Å². The van der Waals surface area contributed by atoms with E-state index in [1.807, 2.05) is 41.8 Å². The van der Waals surface area contributed by atoms with Crippen LogP contribution in [0.4, 0.5) is 0 Å². The van der Waals surface area contributed by atoms with E-state index in [4.69, 9.17) is 9.15 Å². The molecule has 0 unspecified atom stereocenters. The number of para-hydroxylation sites is 1. The van der Waals surface area contributed by atoms with E-state index in [0.29, 0.717) is 17.6 Å². The number of ether oxygens (including phenoxy) is 1. The van der Waals surface area contributed by atoms with Gasteiger partial charge < -0.3 is 9.15 Å². The molecular formula is C20H19N5O3S. The van der Waals surface area contributed by atoms with Crippen molar-refractivity contribution in [2.45, 2.75) is 33.3 Å². The number of nitrogens with zero attached hydrogens (tertiary/aromatic N) is 5. The van der Waals surface area contributed by atoms with Gasteiger partial charge in [0, 0.05) is 0 Å². The average Bonchev–Trinajstić information content (AvgIpc) is 3.46. The first-order valence-electron chi connectivity index (χ1n) is 9.09. The van der Waals surface area contributed by atoms with Crippen LogP contribution in [0.1, 0.15) is 47.7 Å². The summed E-state index contributed by atoms with van der Waals surface area (Å²) in [5.74, 6) is 0.851. The fourth-order valence-electron chi connectivity index (χ4n) is 2.88. The summed E-state index contributed by atoms with van der Waals surface area (Å²) in [6.07, 6.45) is 0. The van der Waals surface area contributed by atoms with Crippen molar-refractivity contribution < 1.29 is 13.9 Å². The van der Waals surface area contributed by atoms with Crippen molar-refractivity contribution in [3.05, 3.63) is 64.9 Å². The fraction of sp³-hybridized carbons (Fsp3) is 0.250. The van der Waals surface area contributed by atoms with Crippen LogP contribution in [0.15, 0.2) is 46.2 Å². The number of hydrogen-bond donors (Lipinski definition) is 0. The van der Waals surface area contributed by atoms with Crippen LogP contribution in [0.5, 0.6) is 0 Å². The molecule has 8 nitrogen and oxygen atoms in total. The topological polar surface area (TPSA) is 95.9 Å². The predicted octanol–water partition coefficient (Wildman–Crippen LogP) is 4.17. The lowest BCUT2D eigenvalue weighted by Crippen LogP contribution is -2.09. The number of hydrogen-bond acceptors (Lipinski definition) is 8. The van der Waals surface area contributed by atoms with E-state index in [1.54, 1.807) is 11.6 Å². The summed E-state index contributed by atoms with van der Waals surface area (Å²) in [6.45, 7) is 5.86.